The van der Waals surface area contributed by atoms with Crippen LogP contribution in [0.15, 0.2) is 24.3 Å². The van der Waals surface area contributed by atoms with Crippen molar-refractivity contribution in [2.75, 3.05) is 5.32 Å². The molecular weight excluding hydrogens is 251 g/mol. The summed E-state index contributed by atoms with van der Waals surface area (Å²) in [5.74, 6) is 1.35. The van der Waals surface area contributed by atoms with Crippen LogP contribution in [0.3, 0.4) is 0 Å². The monoisotopic (exact) mass is 271 g/mol. The highest BCUT2D eigenvalue weighted by Gasteiger charge is 2.30. The van der Waals surface area contributed by atoms with Crippen LogP contribution in [0.25, 0.3) is 0 Å². The Balaban J connectivity index is 1.99. The third kappa shape index (κ3) is 3.88. The fourth-order valence-corrected chi connectivity index (χ4v) is 3.06. The summed E-state index contributed by atoms with van der Waals surface area (Å²) in [5, 5.41) is 3.35. The quantitative estimate of drug-likeness (QED) is 0.803. The van der Waals surface area contributed by atoms with E-state index in [0.29, 0.717) is 17.9 Å². The Hall–Kier alpha value is -1.19. The molecule has 0 radical (unpaired) electrons. The number of anilines is 1. The number of nitrogens with one attached hydrogen (secondary N) is 1. The first kappa shape index (κ1) is 14.2. The van der Waals surface area contributed by atoms with Gasteiger partial charge < -0.3 is 5.32 Å². The maximum Gasteiger partial charge on any atom is 0.416 e. The van der Waals surface area contributed by atoms with E-state index < -0.39 is 11.7 Å². The third-order valence-corrected chi connectivity index (χ3v) is 3.76. The van der Waals surface area contributed by atoms with E-state index in [4.69, 9.17) is 0 Å². The lowest BCUT2D eigenvalue weighted by Gasteiger charge is -2.32. The van der Waals surface area contributed by atoms with E-state index in [0.717, 1.165) is 30.7 Å². The number of alkyl halides is 3. The molecule has 1 aromatic rings. The average Bonchev–Trinajstić information content (AvgIpc) is 2.26. The first-order valence-corrected chi connectivity index (χ1v) is 6.78. The van der Waals surface area contributed by atoms with Crippen LogP contribution in [0.1, 0.15) is 38.7 Å². The molecule has 1 aliphatic rings. The zero-order valence-corrected chi connectivity index (χ0v) is 11.3. The molecular formula is C15H20F3N. The van der Waals surface area contributed by atoms with Gasteiger partial charge in [0.15, 0.2) is 0 Å². The molecule has 106 valence electrons. The van der Waals surface area contributed by atoms with Crippen LogP contribution in [-0.2, 0) is 6.18 Å². The van der Waals surface area contributed by atoms with Crippen LogP contribution in [0.4, 0.5) is 18.9 Å². The minimum absolute atomic E-state index is 0.371. The van der Waals surface area contributed by atoms with Crippen molar-refractivity contribution in [1.29, 1.82) is 0 Å². The summed E-state index contributed by atoms with van der Waals surface area (Å²) in [6, 6.07) is 5.69. The molecule has 1 aromatic carbocycles. The Kier molecular flexibility index (Phi) is 4.07. The normalized spacial score (nSPS) is 28.2. The number of hydrogen-bond acceptors (Lipinski definition) is 1. The molecule has 1 aliphatic carbocycles. The lowest BCUT2D eigenvalue weighted by molar-refractivity contribution is -0.137. The van der Waals surface area contributed by atoms with E-state index >= 15 is 0 Å². The highest BCUT2D eigenvalue weighted by molar-refractivity contribution is 5.46. The molecule has 0 aliphatic heterocycles. The topological polar surface area (TPSA) is 12.0 Å². The Labute approximate surface area is 112 Å². The van der Waals surface area contributed by atoms with Crippen LogP contribution in [0, 0.1) is 11.8 Å². The molecule has 19 heavy (non-hydrogen) atoms. The Morgan fingerprint density at radius 2 is 1.47 bits per heavy atom. The van der Waals surface area contributed by atoms with E-state index in [1.54, 1.807) is 0 Å². The zero-order chi connectivity index (χ0) is 14.0. The summed E-state index contributed by atoms with van der Waals surface area (Å²) in [5.41, 5.74) is 0.183. The smallest absolute Gasteiger partial charge is 0.382 e. The maximum absolute atomic E-state index is 12.5. The summed E-state index contributed by atoms with van der Waals surface area (Å²) >= 11 is 0. The first-order valence-electron chi connectivity index (χ1n) is 6.78. The van der Waals surface area contributed by atoms with Gasteiger partial charge in [-0.2, -0.15) is 13.2 Å². The van der Waals surface area contributed by atoms with Gasteiger partial charge in [0.05, 0.1) is 5.56 Å². The standard InChI is InChI=1S/C15H20F3N/c1-10-7-11(2)9-14(8-10)19-13-5-3-12(4-6-13)15(16,17)18/h3-6,10-11,14,19H,7-9H2,1-2H3. The van der Waals surface area contributed by atoms with Crippen molar-refractivity contribution < 1.29 is 13.2 Å². The second-order valence-electron chi connectivity index (χ2n) is 5.83. The van der Waals surface area contributed by atoms with Gasteiger partial charge in [0.1, 0.15) is 0 Å². The van der Waals surface area contributed by atoms with Gasteiger partial charge in [0, 0.05) is 11.7 Å². The number of benzene rings is 1. The van der Waals surface area contributed by atoms with Crippen molar-refractivity contribution in [1.82, 2.24) is 0 Å². The minimum atomic E-state index is -4.26. The molecule has 0 aromatic heterocycles. The molecule has 0 heterocycles. The van der Waals surface area contributed by atoms with E-state index in [2.05, 4.69) is 19.2 Å². The zero-order valence-electron chi connectivity index (χ0n) is 11.3. The fraction of sp³-hybridized carbons (Fsp3) is 0.600. The average molecular weight is 271 g/mol. The largest absolute Gasteiger partial charge is 0.416 e. The van der Waals surface area contributed by atoms with E-state index in [1.807, 2.05) is 0 Å². The van der Waals surface area contributed by atoms with Gasteiger partial charge in [-0.1, -0.05) is 13.8 Å². The van der Waals surface area contributed by atoms with Crippen molar-refractivity contribution in [2.45, 2.75) is 45.3 Å². The van der Waals surface area contributed by atoms with Crippen molar-refractivity contribution in [3.63, 3.8) is 0 Å². The van der Waals surface area contributed by atoms with E-state index in [-0.39, 0.29) is 0 Å². The van der Waals surface area contributed by atoms with Crippen molar-refractivity contribution in [2.24, 2.45) is 11.8 Å². The number of halogens is 3. The number of hydrogen-bond donors (Lipinski definition) is 1. The van der Waals surface area contributed by atoms with Crippen LogP contribution in [0.2, 0.25) is 0 Å². The second kappa shape index (κ2) is 5.43. The lowest BCUT2D eigenvalue weighted by Crippen LogP contribution is -2.30. The first-order chi connectivity index (χ1) is 8.84. The SMILES string of the molecule is CC1CC(C)CC(Nc2ccc(C(F)(F)F)cc2)C1. The Morgan fingerprint density at radius 3 is 1.95 bits per heavy atom. The van der Waals surface area contributed by atoms with Gasteiger partial charge in [-0.05, 0) is 55.4 Å². The summed E-state index contributed by atoms with van der Waals surface area (Å²) in [4.78, 5) is 0. The molecule has 2 unspecified atom stereocenters. The predicted octanol–water partition coefficient (Wildman–Crippen LogP) is 4.94. The summed E-state index contributed by atoms with van der Waals surface area (Å²) in [7, 11) is 0. The minimum Gasteiger partial charge on any atom is -0.382 e. The van der Waals surface area contributed by atoms with Crippen molar-refractivity contribution in [3.8, 4) is 0 Å². The number of rotatable bonds is 2. The second-order valence-corrected chi connectivity index (χ2v) is 5.83. The fourth-order valence-electron chi connectivity index (χ4n) is 3.06. The van der Waals surface area contributed by atoms with Gasteiger partial charge in [-0.3, -0.25) is 0 Å². The molecule has 1 saturated carbocycles. The molecule has 2 rings (SSSR count). The van der Waals surface area contributed by atoms with Crippen LogP contribution < -0.4 is 5.32 Å². The molecule has 1 N–H and O–H groups in total. The van der Waals surface area contributed by atoms with Gasteiger partial charge in [-0.15, -0.1) is 0 Å². The van der Waals surface area contributed by atoms with Crippen LogP contribution in [-0.4, -0.2) is 6.04 Å². The summed E-state index contributed by atoms with van der Waals surface area (Å²) in [6.45, 7) is 4.47. The lowest BCUT2D eigenvalue weighted by atomic mass is 9.80. The highest BCUT2D eigenvalue weighted by atomic mass is 19.4. The molecule has 0 spiro atoms. The van der Waals surface area contributed by atoms with Gasteiger partial charge in [0.25, 0.3) is 0 Å². The molecule has 0 saturated heterocycles. The Morgan fingerprint density at radius 1 is 0.947 bits per heavy atom. The highest BCUT2D eigenvalue weighted by Crippen LogP contribution is 2.32. The van der Waals surface area contributed by atoms with Gasteiger partial charge in [0.2, 0.25) is 0 Å². The van der Waals surface area contributed by atoms with E-state index in [1.165, 1.54) is 18.6 Å². The summed E-state index contributed by atoms with van der Waals surface area (Å²) < 4.78 is 37.4. The third-order valence-electron chi connectivity index (χ3n) is 3.76. The van der Waals surface area contributed by atoms with Gasteiger partial charge >= 0.3 is 6.18 Å². The van der Waals surface area contributed by atoms with Gasteiger partial charge in [-0.25, -0.2) is 0 Å². The molecule has 0 bridgehead atoms. The summed E-state index contributed by atoms with van der Waals surface area (Å²) in [6.07, 6.45) is -0.839. The predicted molar refractivity (Wildman–Crippen MR) is 71.0 cm³/mol. The van der Waals surface area contributed by atoms with Crippen LogP contribution >= 0.6 is 0 Å². The maximum atomic E-state index is 12.5. The van der Waals surface area contributed by atoms with Crippen LogP contribution in [0.5, 0.6) is 0 Å². The molecule has 1 nitrogen and oxygen atoms in total. The molecule has 2 atom stereocenters. The van der Waals surface area contributed by atoms with Crippen molar-refractivity contribution >= 4 is 5.69 Å². The van der Waals surface area contributed by atoms with Crippen molar-refractivity contribution in [3.05, 3.63) is 29.8 Å². The molecule has 4 heteroatoms. The van der Waals surface area contributed by atoms with E-state index in [9.17, 15) is 13.2 Å². The Bertz CT molecular complexity index is 400. The molecule has 0 amide bonds. The molecule has 1 fully saturated rings.